The lowest BCUT2D eigenvalue weighted by Gasteiger charge is -2.32. The van der Waals surface area contributed by atoms with Crippen LogP contribution in [0.1, 0.15) is 23.8 Å². The summed E-state index contributed by atoms with van der Waals surface area (Å²) in [6, 6.07) is 12.2. The van der Waals surface area contributed by atoms with Gasteiger partial charge in [0.2, 0.25) is 5.91 Å². The first kappa shape index (κ1) is 18.5. The zero-order chi connectivity index (χ0) is 19.0. The number of carbonyl (C=O) groups excluding carboxylic acids is 1. The van der Waals surface area contributed by atoms with Crippen LogP contribution in [0.25, 0.3) is 0 Å². The fraction of sp³-hybridized carbons (Fsp3) is 0.450. The van der Waals surface area contributed by atoms with Gasteiger partial charge in [-0.05, 0) is 42.8 Å². The zero-order valence-electron chi connectivity index (χ0n) is 15.4. The van der Waals surface area contributed by atoms with Crippen molar-refractivity contribution in [2.45, 2.75) is 38.4 Å². The summed E-state index contributed by atoms with van der Waals surface area (Å²) in [7, 11) is -3.04. The first-order valence-corrected chi connectivity index (χ1v) is 12.0. The molecule has 2 aliphatic heterocycles. The lowest BCUT2D eigenvalue weighted by atomic mass is 10.1. The number of benzene rings is 1. The van der Waals surface area contributed by atoms with E-state index in [1.165, 1.54) is 5.56 Å². The molecule has 144 valence electrons. The number of sulfone groups is 1. The average molecular weight is 405 g/mol. The molecule has 2 atom stereocenters. The number of para-hydroxylation sites is 1. The van der Waals surface area contributed by atoms with E-state index in [4.69, 9.17) is 0 Å². The van der Waals surface area contributed by atoms with Crippen molar-refractivity contribution >= 4 is 32.8 Å². The van der Waals surface area contributed by atoms with E-state index in [9.17, 15) is 13.2 Å². The van der Waals surface area contributed by atoms with Crippen LogP contribution in [0, 0.1) is 0 Å². The Hall–Kier alpha value is -1.86. The normalized spacial score (nSPS) is 23.4. The Morgan fingerprint density at radius 2 is 2.07 bits per heavy atom. The molecule has 1 aromatic carbocycles. The predicted octanol–water partition coefficient (Wildman–Crippen LogP) is 2.72. The molecule has 1 amide bonds. The molecule has 3 heterocycles. The van der Waals surface area contributed by atoms with Crippen LogP contribution < -0.4 is 4.90 Å². The quantitative estimate of drug-likeness (QED) is 0.769. The molecule has 0 spiro atoms. The van der Waals surface area contributed by atoms with Crippen molar-refractivity contribution < 1.29 is 13.2 Å². The van der Waals surface area contributed by atoms with Gasteiger partial charge in [0.15, 0.2) is 9.84 Å². The van der Waals surface area contributed by atoms with Crippen LogP contribution in [0.3, 0.4) is 0 Å². The molecule has 0 bridgehead atoms. The molecular formula is C20H24N2O3S2. The van der Waals surface area contributed by atoms with Gasteiger partial charge in [-0.25, -0.2) is 8.42 Å². The Balaban J connectivity index is 1.55. The molecule has 0 aliphatic carbocycles. The van der Waals surface area contributed by atoms with Crippen LogP contribution in [0.4, 0.5) is 5.69 Å². The van der Waals surface area contributed by atoms with Gasteiger partial charge in [-0.15, -0.1) is 11.3 Å². The number of anilines is 1. The summed E-state index contributed by atoms with van der Waals surface area (Å²) in [4.78, 5) is 18.3. The summed E-state index contributed by atoms with van der Waals surface area (Å²) in [5, 5.41) is 1.99. The lowest BCUT2D eigenvalue weighted by molar-refractivity contribution is -0.132. The molecule has 5 nitrogen and oxygen atoms in total. The molecule has 27 heavy (non-hydrogen) atoms. The van der Waals surface area contributed by atoms with E-state index in [-0.39, 0.29) is 29.5 Å². The second-order valence-corrected chi connectivity index (χ2v) is 10.7. The molecule has 2 aromatic rings. The van der Waals surface area contributed by atoms with Gasteiger partial charge in [0.25, 0.3) is 0 Å². The highest BCUT2D eigenvalue weighted by molar-refractivity contribution is 7.91. The number of rotatable bonds is 5. The largest absolute Gasteiger partial charge is 0.359 e. The van der Waals surface area contributed by atoms with Crippen LogP contribution in [-0.2, 0) is 27.6 Å². The number of hydrogen-bond donors (Lipinski definition) is 0. The van der Waals surface area contributed by atoms with Gasteiger partial charge in [0, 0.05) is 22.6 Å². The Bertz CT molecular complexity index is 924. The summed E-state index contributed by atoms with van der Waals surface area (Å²) in [5.41, 5.74) is 2.39. The molecule has 0 unspecified atom stereocenters. The van der Waals surface area contributed by atoms with Gasteiger partial charge >= 0.3 is 0 Å². The maximum absolute atomic E-state index is 13.3. The van der Waals surface area contributed by atoms with Crippen molar-refractivity contribution in [1.29, 1.82) is 0 Å². The molecule has 0 N–H and O–H groups in total. The third-order valence-electron chi connectivity index (χ3n) is 5.53. The van der Waals surface area contributed by atoms with Crippen molar-refractivity contribution in [1.82, 2.24) is 4.90 Å². The third kappa shape index (κ3) is 3.89. The topological polar surface area (TPSA) is 57.7 Å². The van der Waals surface area contributed by atoms with Crippen LogP contribution in [0.5, 0.6) is 0 Å². The minimum Gasteiger partial charge on any atom is -0.359 e. The minimum absolute atomic E-state index is 0.00838. The fourth-order valence-corrected chi connectivity index (χ4v) is 6.55. The van der Waals surface area contributed by atoms with Crippen molar-refractivity contribution in [3.05, 3.63) is 52.2 Å². The van der Waals surface area contributed by atoms with Gasteiger partial charge < -0.3 is 9.80 Å². The molecule has 1 fully saturated rings. The molecule has 2 aliphatic rings. The average Bonchev–Trinajstić information content (AvgIpc) is 3.33. The van der Waals surface area contributed by atoms with E-state index in [0.29, 0.717) is 19.5 Å². The second kappa shape index (κ2) is 7.28. The summed E-state index contributed by atoms with van der Waals surface area (Å²) >= 11 is 1.60. The highest BCUT2D eigenvalue weighted by Crippen LogP contribution is 2.32. The molecular weight excluding hydrogens is 380 g/mol. The van der Waals surface area contributed by atoms with Crippen molar-refractivity contribution in [2.75, 3.05) is 23.0 Å². The van der Waals surface area contributed by atoms with E-state index in [1.54, 1.807) is 16.2 Å². The first-order valence-electron chi connectivity index (χ1n) is 9.30. The maximum Gasteiger partial charge on any atom is 0.242 e. The molecule has 1 saturated heterocycles. The summed E-state index contributed by atoms with van der Waals surface area (Å²) < 4.78 is 24.0. The van der Waals surface area contributed by atoms with Crippen LogP contribution >= 0.6 is 11.3 Å². The van der Waals surface area contributed by atoms with Gasteiger partial charge in [0.1, 0.15) is 0 Å². The zero-order valence-corrected chi connectivity index (χ0v) is 17.0. The molecule has 0 radical (unpaired) electrons. The standard InChI is InChI=1S/C20H24N2O3S2/c1-15-11-16-5-2-3-7-19(16)21(15)13-20(23)22(12-18-6-4-9-26-18)17-8-10-27(24,25)14-17/h2-7,9,15,17H,8,10-14H2,1H3/t15-,17+/m0/s1. The Kier molecular flexibility index (Phi) is 4.99. The van der Waals surface area contributed by atoms with Crippen LogP contribution in [0.2, 0.25) is 0 Å². The Morgan fingerprint density at radius 1 is 1.26 bits per heavy atom. The second-order valence-electron chi connectivity index (χ2n) is 7.47. The predicted molar refractivity (Wildman–Crippen MR) is 109 cm³/mol. The van der Waals surface area contributed by atoms with Crippen LogP contribution in [-0.4, -0.2) is 49.4 Å². The number of hydrogen-bond acceptors (Lipinski definition) is 5. The monoisotopic (exact) mass is 404 g/mol. The number of thiophene rings is 1. The number of amides is 1. The molecule has 7 heteroatoms. The summed E-state index contributed by atoms with van der Waals surface area (Å²) in [5.74, 6) is 0.263. The first-order chi connectivity index (χ1) is 12.9. The number of nitrogens with zero attached hydrogens (tertiary/aromatic N) is 2. The minimum atomic E-state index is -3.04. The summed E-state index contributed by atoms with van der Waals surface area (Å²) in [6.45, 7) is 2.91. The highest BCUT2D eigenvalue weighted by Gasteiger charge is 2.36. The molecule has 1 aromatic heterocycles. The fourth-order valence-electron chi connectivity index (χ4n) is 4.12. The van der Waals surface area contributed by atoms with E-state index in [0.717, 1.165) is 17.0 Å². The van der Waals surface area contributed by atoms with E-state index < -0.39 is 9.84 Å². The Labute approximate surface area is 164 Å². The van der Waals surface area contributed by atoms with Gasteiger partial charge in [-0.3, -0.25) is 4.79 Å². The van der Waals surface area contributed by atoms with Gasteiger partial charge in [-0.2, -0.15) is 0 Å². The number of carbonyl (C=O) groups is 1. The highest BCUT2D eigenvalue weighted by atomic mass is 32.2. The van der Waals surface area contributed by atoms with Gasteiger partial charge in [0.05, 0.1) is 24.6 Å². The molecule has 4 rings (SSSR count). The molecule has 0 saturated carbocycles. The van der Waals surface area contributed by atoms with Crippen LogP contribution in [0.15, 0.2) is 41.8 Å². The Morgan fingerprint density at radius 3 is 2.78 bits per heavy atom. The van der Waals surface area contributed by atoms with E-state index in [1.807, 2.05) is 29.6 Å². The summed E-state index contributed by atoms with van der Waals surface area (Å²) in [6.07, 6.45) is 1.47. The lowest BCUT2D eigenvalue weighted by Crippen LogP contribution is -2.47. The van der Waals surface area contributed by atoms with E-state index in [2.05, 4.69) is 24.0 Å². The van der Waals surface area contributed by atoms with Crippen molar-refractivity contribution in [3.8, 4) is 0 Å². The van der Waals surface area contributed by atoms with Gasteiger partial charge in [-0.1, -0.05) is 24.3 Å². The number of fused-ring (bicyclic) bond motifs is 1. The third-order valence-corrected chi connectivity index (χ3v) is 8.14. The van der Waals surface area contributed by atoms with Crippen molar-refractivity contribution in [3.63, 3.8) is 0 Å². The smallest absolute Gasteiger partial charge is 0.242 e. The SMILES string of the molecule is C[C@H]1Cc2ccccc2N1CC(=O)N(Cc1cccs1)[C@@H]1CCS(=O)(=O)C1. The van der Waals surface area contributed by atoms with Crippen molar-refractivity contribution in [2.24, 2.45) is 0 Å². The van der Waals surface area contributed by atoms with E-state index >= 15 is 0 Å². The maximum atomic E-state index is 13.3.